The van der Waals surface area contributed by atoms with Crippen molar-refractivity contribution in [2.24, 2.45) is 0 Å². The lowest BCUT2D eigenvalue weighted by Crippen LogP contribution is -2.30. The number of piperidine rings is 1. The molecule has 0 aromatic carbocycles. The van der Waals surface area contributed by atoms with Gasteiger partial charge in [-0.15, -0.1) is 0 Å². The maximum absolute atomic E-state index is 5.21. The summed E-state index contributed by atoms with van der Waals surface area (Å²) in [6, 6.07) is 0.121. The second-order valence-electron chi connectivity index (χ2n) is 3.99. The Morgan fingerprint density at radius 1 is 1.33 bits per heavy atom. The van der Waals surface area contributed by atoms with Crippen molar-refractivity contribution in [2.75, 3.05) is 25.0 Å². The zero-order valence-corrected chi connectivity index (χ0v) is 9.36. The average molecular weight is 210 g/mol. The number of hydrogen-bond donors (Lipinski definition) is 1. The van der Waals surface area contributed by atoms with Gasteiger partial charge in [0.15, 0.2) is 0 Å². The molecule has 1 unspecified atom stereocenters. The number of hydrogen-bond acceptors (Lipinski definition) is 5. The maximum atomic E-state index is 5.21. The van der Waals surface area contributed by atoms with Crippen LogP contribution in [0.25, 0.3) is 0 Å². The lowest BCUT2D eigenvalue weighted by atomic mass is 10.1. The topological polar surface area (TPSA) is 54.2 Å². The van der Waals surface area contributed by atoms with Gasteiger partial charge in [-0.05, 0) is 38.4 Å². The molecule has 1 fully saturated rings. The minimum absolute atomic E-state index is 0.121. The van der Waals surface area contributed by atoms with E-state index in [0.717, 1.165) is 19.0 Å². The standard InChI is InChI=1S/C10H18N4O/c1-8(11-2)9-12-10(13-15-9)14-6-4-3-5-7-14/h8,11H,3-7H2,1-2H3. The minimum atomic E-state index is 0.121. The predicted molar refractivity (Wildman–Crippen MR) is 57.8 cm³/mol. The quantitative estimate of drug-likeness (QED) is 0.816. The van der Waals surface area contributed by atoms with E-state index in [9.17, 15) is 0 Å². The van der Waals surface area contributed by atoms with Gasteiger partial charge in [-0.25, -0.2) is 0 Å². The van der Waals surface area contributed by atoms with Crippen LogP contribution in [0, 0.1) is 0 Å². The molecule has 1 atom stereocenters. The monoisotopic (exact) mass is 210 g/mol. The highest BCUT2D eigenvalue weighted by molar-refractivity contribution is 5.28. The maximum Gasteiger partial charge on any atom is 0.266 e. The van der Waals surface area contributed by atoms with Crippen molar-refractivity contribution < 1.29 is 4.52 Å². The van der Waals surface area contributed by atoms with Crippen molar-refractivity contribution >= 4 is 5.95 Å². The second kappa shape index (κ2) is 4.61. The molecule has 1 N–H and O–H groups in total. The highest BCUT2D eigenvalue weighted by Gasteiger charge is 2.18. The SMILES string of the molecule is CNC(C)c1nc(N2CCCCC2)no1. The minimum Gasteiger partial charge on any atom is -0.338 e. The molecule has 0 aliphatic carbocycles. The van der Waals surface area contributed by atoms with Crippen molar-refractivity contribution in [2.45, 2.75) is 32.2 Å². The fourth-order valence-corrected chi connectivity index (χ4v) is 1.75. The van der Waals surface area contributed by atoms with Crippen LogP contribution in [0.3, 0.4) is 0 Å². The third-order valence-electron chi connectivity index (χ3n) is 2.87. The molecule has 0 saturated carbocycles. The van der Waals surface area contributed by atoms with E-state index in [2.05, 4.69) is 20.4 Å². The van der Waals surface area contributed by atoms with Gasteiger partial charge in [-0.3, -0.25) is 0 Å². The summed E-state index contributed by atoms with van der Waals surface area (Å²) in [5.41, 5.74) is 0. The van der Waals surface area contributed by atoms with Crippen LogP contribution in [-0.2, 0) is 0 Å². The summed E-state index contributed by atoms with van der Waals surface area (Å²) in [7, 11) is 1.88. The summed E-state index contributed by atoms with van der Waals surface area (Å²) >= 11 is 0. The van der Waals surface area contributed by atoms with Crippen molar-refractivity contribution in [3.8, 4) is 0 Å². The molecule has 15 heavy (non-hydrogen) atoms. The molecule has 1 aromatic heterocycles. The van der Waals surface area contributed by atoms with Gasteiger partial charge < -0.3 is 14.7 Å². The van der Waals surface area contributed by atoms with E-state index in [-0.39, 0.29) is 6.04 Å². The summed E-state index contributed by atoms with van der Waals surface area (Å²) in [5, 5.41) is 7.09. The molecule has 0 radical (unpaired) electrons. The zero-order chi connectivity index (χ0) is 10.7. The first-order chi connectivity index (χ1) is 7.31. The summed E-state index contributed by atoms with van der Waals surface area (Å²) in [4.78, 5) is 6.58. The van der Waals surface area contributed by atoms with Crippen molar-refractivity contribution in [1.29, 1.82) is 0 Å². The molecule has 0 amide bonds. The van der Waals surface area contributed by atoms with Crippen LogP contribution < -0.4 is 10.2 Å². The third kappa shape index (κ3) is 2.28. The van der Waals surface area contributed by atoms with Crippen LogP contribution in [0.15, 0.2) is 4.52 Å². The van der Waals surface area contributed by atoms with Crippen LogP contribution in [0.1, 0.15) is 38.1 Å². The van der Waals surface area contributed by atoms with Crippen LogP contribution in [-0.4, -0.2) is 30.3 Å². The Morgan fingerprint density at radius 3 is 2.73 bits per heavy atom. The molecule has 84 valence electrons. The molecule has 1 aromatic rings. The van der Waals surface area contributed by atoms with Gasteiger partial charge in [0.25, 0.3) is 5.95 Å². The van der Waals surface area contributed by atoms with Crippen molar-refractivity contribution in [3.05, 3.63) is 5.89 Å². The smallest absolute Gasteiger partial charge is 0.266 e. The molecule has 5 nitrogen and oxygen atoms in total. The molecule has 2 rings (SSSR count). The van der Waals surface area contributed by atoms with E-state index in [4.69, 9.17) is 4.52 Å². The molecule has 1 aliphatic rings. The van der Waals surface area contributed by atoms with Gasteiger partial charge in [0.1, 0.15) is 0 Å². The molecule has 0 bridgehead atoms. The molecular weight excluding hydrogens is 192 g/mol. The molecular formula is C10H18N4O. The van der Waals surface area contributed by atoms with Crippen LogP contribution in [0.4, 0.5) is 5.95 Å². The Hall–Kier alpha value is -1.10. The summed E-state index contributed by atoms with van der Waals surface area (Å²) < 4.78 is 5.21. The predicted octanol–water partition coefficient (Wildman–Crippen LogP) is 1.34. The van der Waals surface area contributed by atoms with Crippen molar-refractivity contribution in [1.82, 2.24) is 15.5 Å². The average Bonchev–Trinajstić information content (AvgIpc) is 2.78. The second-order valence-corrected chi connectivity index (χ2v) is 3.99. The fourth-order valence-electron chi connectivity index (χ4n) is 1.75. The Morgan fingerprint density at radius 2 is 2.07 bits per heavy atom. The summed E-state index contributed by atoms with van der Waals surface area (Å²) in [6.45, 7) is 4.10. The van der Waals surface area contributed by atoms with E-state index < -0.39 is 0 Å². The van der Waals surface area contributed by atoms with Crippen LogP contribution in [0.5, 0.6) is 0 Å². The van der Waals surface area contributed by atoms with Crippen LogP contribution >= 0.6 is 0 Å². The van der Waals surface area contributed by atoms with E-state index in [0.29, 0.717) is 5.89 Å². The van der Waals surface area contributed by atoms with E-state index in [1.54, 1.807) is 0 Å². The number of nitrogens with one attached hydrogen (secondary N) is 1. The lowest BCUT2D eigenvalue weighted by Gasteiger charge is -2.24. The van der Waals surface area contributed by atoms with Gasteiger partial charge in [-0.1, -0.05) is 0 Å². The lowest BCUT2D eigenvalue weighted by molar-refractivity contribution is 0.345. The van der Waals surface area contributed by atoms with Crippen molar-refractivity contribution in [3.63, 3.8) is 0 Å². The first kappa shape index (κ1) is 10.4. The van der Waals surface area contributed by atoms with Gasteiger partial charge in [0, 0.05) is 13.1 Å². The highest BCUT2D eigenvalue weighted by Crippen LogP contribution is 2.18. The molecule has 5 heteroatoms. The Kier molecular flexibility index (Phi) is 3.20. The van der Waals surface area contributed by atoms with Gasteiger partial charge >= 0.3 is 0 Å². The normalized spacial score (nSPS) is 19.2. The first-order valence-electron chi connectivity index (χ1n) is 5.57. The van der Waals surface area contributed by atoms with Gasteiger partial charge in [-0.2, -0.15) is 4.98 Å². The summed E-state index contributed by atoms with van der Waals surface area (Å²) in [5.74, 6) is 1.41. The van der Waals surface area contributed by atoms with Gasteiger partial charge in [0.2, 0.25) is 5.89 Å². The Balaban J connectivity index is 2.05. The number of nitrogens with zero attached hydrogens (tertiary/aromatic N) is 3. The third-order valence-corrected chi connectivity index (χ3v) is 2.87. The molecule has 1 aliphatic heterocycles. The summed E-state index contributed by atoms with van der Waals surface area (Å²) in [6.07, 6.45) is 3.77. The largest absolute Gasteiger partial charge is 0.338 e. The van der Waals surface area contributed by atoms with Crippen LogP contribution in [0.2, 0.25) is 0 Å². The molecule has 0 spiro atoms. The molecule has 1 saturated heterocycles. The number of rotatable bonds is 3. The van der Waals surface area contributed by atoms with E-state index >= 15 is 0 Å². The van der Waals surface area contributed by atoms with E-state index in [1.165, 1.54) is 19.3 Å². The Bertz CT molecular complexity index is 306. The number of anilines is 1. The Labute approximate surface area is 89.8 Å². The fraction of sp³-hybridized carbons (Fsp3) is 0.800. The zero-order valence-electron chi connectivity index (χ0n) is 9.36. The van der Waals surface area contributed by atoms with Gasteiger partial charge in [0.05, 0.1) is 6.04 Å². The number of aromatic nitrogens is 2. The highest BCUT2D eigenvalue weighted by atomic mass is 16.5. The first-order valence-corrected chi connectivity index (χ1v) is 5.57. The molecule has 2 heterocycles. The van der Waals surface area contributed by atoms with E-state index in [1.807, 2.05) is 14.0 Å².